The summed E-state index contributed by atoms with van der Waals surface area (Å²) < 4.78 is 5.05. The number of hydrogen-bond donors (Lipinski definition) is 3. The molecule has 1 aromatic heterocycles. The third-order valence-electron chi connectivity index (χ3n) is 5.02. The summed E-state index contributed by atoms with van der Waals surface area (Å²) in [6.45, 7) is 3.97. The highest BCUT2D eigenvalue weighted by Gasteiger charge is 2.34. The number of imidazole rings is 1. The van der Waals surface area contributed by atoms with E-state index in [0.29, 0.717) is 22.2 Å². The fraction of sp³-hybridized carbons (Fsp3) is 0.227. The van der Waals surface area contributed by atoms with E-state index in [4.69, 9.17) is 4.74 Å². The van der Waals surface area contributed by atoms with Crippen LogP contribution < -0.4 is 10.6 Å². The number of carbonyl (C=O) groups excluding carboxylic acids is 2. The van der Waals surface area contributed by atoms with E-state index in [0.717, 1.165) is 27.7 Å². The van der Waals surface area contributed by atoms with Gasteiger partial charge in [-0.05, 0) is 37.1 Å². The fourth-order valence-corrected chi connectivity index (χ4v) is 4.46. The van der Waals surface area contributed by atoms with Crippen molar-refractivity contribution in [3.8, 4) is 0 Å². The van der Waals surface area contributed by atoms with Crippen LogP contribution in [-0.4, -0.2) is 34.8 Å². The van der Waals surface area contributed by atoms with Gasteiger partial charge in [-0.3, -0.25) is 0 Å². The van der Waals surface area contributed by atoms with Gasteiger partial charge in [-0.1, -0.05) is 47.7 Å². The van der Waals surface area contributed by atoms with Crippen LogP contribution in [0.3, 0.4) is 0 Å². The molecule has 0 spiro atoms. The predicted molar refractivity (Wildman–Crippen MR) is 116 cm³/mol. The number of methoxy groups -OCH3 is 1. The van der Waals surface area contributed by atoms with E-state index in [-0.39, 0.29) is 6.03 Å². The summed E-state index contributed by atoms with van der Waals surface area (Å²) in [4.78, 5) is 32.9. The molecule has 4 rings (SSSR count). The zero-order chi connectivity index (χ0) is 21.3. The number of benzene rings is 2. The molecule has 0 aliphatic carbocycles. The van der Waals surface area contributed by atoms with Crippen LogP contribution in [0.2, 0.25) is 0 Å². The number of carbonyl (C=O) groups is 2. The molecular formula is C22H22N4O3S. The number of para-hydroxylation sites is 2. The smallest absolute Gasteiger partial charge is 0.338 e. The highest BCUT2D eigenvalue weighted by atomic mass is 32.2. The molecule has 3 N–H and O–H groups in total. The number of aryl methyl sites for hydroxylation is 2. The molecule has 0 radical (unpaired) electrons. The lowest BCUT2D eigenvalue weighted by atomic mass is 9.91. The molecule has 8 heteroatoms. The summed E-state index contributed by atoms with van der Waals surface area (Å²) in [7, 11) is 1.34. The molecule has 0 saturated heterocycles. The monoisotopic (exact) mass is 422 g/mol. The number of thioether (sulfide) groups is 1. The number of esters is 1. The molecule has 7 nitrogen and oxygen atoms in total. The quantitative estimate of drug-likeness (QED) is 0.430. The van der Waals surface area contributed by atoms with E-state index in [1.165, 1.54) is 18.9 Å². The van der Waals surface area contributed by atoms with Gasteiger partial charge in [0.05, 0.1) is 29.8 Å². The Morgan fingerprint density at radius 1 is 1.20 bits per heavy atom. The Labute approximate surface area is 178 Å². The van der Waals surface area contributed by atoms with Gasteiger partial charge in [0.25, 0.3) is 0 Å². The van der Waals surface area contributed by atoms with Crippen LogP contribution in [-0.2, 0) is 9.53 Å². The maximum atomic E-state index is 12.7. The first-order chi connectivity index (χ1) is 14.5. The van der Waals surface area contributed by atoms with E-state index < -0.39 is 12.0 Å². The fourth-order valence-electron chi connectivity index (χ4n) is 3.60. The maximum absolute atomic E-state index is 12.7. The number of fused-ring (bicyclic) bond motifs is 1. The van der Waals surface area contributed by atoms with E-state index in [2.05, 4.69) is 20.6 Å². The van der Waals surface area contributed by atoms with Crippen LogP contribution in [0.15, 0.2) is 58.9 Å². The summed E-state index contributed by atoms with van der Waals surface area (Å²) in [5.41, 5.74) is 5.68. The molecule has 1 atom stereocenters. The van der Waals surface area contributed by atoms with Crippen molar-refractivity contribution in [3.63, 3.8) is 0 Å². The van der Waals surface area contributed by atoms with Crippen molar-refractivity contribution in [1.29, 1.82) is 0 Å². The second kappa shape index (κ2) is 8.23. The van der Waals surface area contributed by atoms with E-state index >= 15 is 0 Å². The van der Waals surface area contributed by atoms with Crippen molar-refractivity contribution in [3.05, 3.63) is 70.4 Å². The topological polar surface area (TPSA) is 96.1 Å². The Kier molecular flexibility index (Phi) is 5.50. The minimum absolute atomic E-state index is 0.354. The molecule has 30 heavy (non-hydrogen) atoms. The lowest BCUT2D eigenvalue weighted by Crippen LogP contribution is -2.46. The van der Waals surface area contributed by atoms with Gasteiger partial charge in [-0.25, -0.2) is 14.6 Å². The number of rotatable bonds is 5. The van der Waals surface area contributed by atoms with Crippen molar-refractivity contribution in [2.45, 2.75) is 25.0 Å². The molecule has 0 fully saturated rings. The number of H-pyrrole nitrogens is 1. The number of hydrogen-bond acceptors (Lipinski definition) is 5. The normalized spacial score (nSPS) is 16.4. The second-order valence-corrected chi connectivity index (χ2v) is 8.09. The van der Waals surface area contributed by atoms with Crippen LogP contribution in [0, 0.1) is 13.8 Å². The molecular weight excluding hydrogens is 400 g/mol. The average Bonchev–Trinajstić information content (AvgIpc) is 3.14. The van der Waals surface area contributed by atoms with Gasteiger partial charge in [-0.2, -0.15) is 0 Å². The molecule has 1 aliphatic rings. The zero-order valence-electron chi connectivity index (χ0n) is 16.9. The third kappa shape index (κ3) is 3.91. The van der Waals surface area contributed by atoms with Gasteiger partial charge >= 0.3 is 12.0 Å². The first-order valence-corrected chi connectivity index (χ1v) is 10.5. The van der Waals surface area contributed by atoms with Gasteiger partial charge in [0.15, 0.2) is 5.16 Å². The lowest BCUT2D eigenvalue weighted by Gasteiger charge is -2.30. The largest absolute Gasteiger partial charge is 0.466 e. The first-order valence-electron chi connectivity index (χ1n) is 9.50. The van der Waals surface area contributed by atoms with Crippen molar-refractivity contribution >= 4 is 34.8 Å². The Morgan fingerprint density at radius 2 is 2.00 bits per heavy atom. The number of ether oxygens (including phenoxy) is 1. The van der Waals surface area contributed by atoms with Gasteiger partial charge < -0.3 is 20.4 Å². The van der Waals surface area contributed by atoms with Crippen molar-refractivity contribution in [1.82, 2.24) is 20.6 Å². The van der Waals surface area contributed by atoms with E-state index in [1.54, 1.807) is 0 Å². The van der Waals surface area contributed by atoms with Crippen molar-refractivity contribution in [2.75, 3.05) is 12.9 Å². The molecule has 2 aromatic carbocycles. The van der Waals surface area contributed by atoms with Gasteiger partial charge in [0.2, 0.25) is 0 Å². The lowest BCUT2D eigenvalue weighted by molar-refractivity contribution is -0.136. The molecule has 0 unspecified atom stereocenters. The minimum Gasteiger partial charge on any atom is -0.466 e. The summed E-state index contributed by atoms with van der Waals surface area (Å²) in [5, 5.41) is 6.36. The van der Waals surface area contributed by atoms with Crippen LogP contribution in [0.4, 0.5) is 4.79 Å². The molecule has 2 amide bonds. The van der Waals surface area contributed by atoms with E-state index in [9.17, 15) is 9.59 Å². The summed E-state index contributed by atoms with van der Waals surface area (Å²) in [6.07, 6.45) is 0. The summed E-state index contributed by atoms with van der Waals surface area (Å²) in [5.74, 6) is -0.119. The maximum Gasteiger partial charge on any atom is 0.338 e. The Morgan fingerprint density at radius 3 is 2.73 bits per heavy atom. The van der Waals surface area contributed by atoms with Crippen molar-refractivity contribution in [2.24, 2.45) is 0 Å². The summed E-state index contributed by atoms with van der Waals surface area (Å²) in [6, 6.07) is 12.7. The van der Waals surface area contributed by atoms with Crippen LogP contribution in [0.5, 0.6) is 0 Å². The number of aromatic amines is 1. The summed E-state index contributed by atoms with van der Waals surface area (Å²) >= 11 is 1.42. The molecule has 2 heterocycles. The predicted octanol–water partition coefficient (Wildman–Crippen LogP) is 3.75. The zero-order valence-corrected chi connectivity index (χ0v) is 17.7. The van der Waals surface area contributed by atoms with Gasteiger partial charge in [-0.15, -0.1) is 0 Å². The molecule has 3 aromatic rings. The first kappa shape index (κ1) is 20.0. The van der Waals surface area contributed by atoms with Crippen LogP contribution in [0.1, 0.15) is 22.7 Å². The molecule has 154 valence electrons. The van der Waals surface area contributed by atoms with E-state index in [1.807, 2.05) is 56.3 Å². The number of amides is 2. The SMILES string of the molecule is COC(=O)C1=C(CSc2nc3ccccc3[nH]2)NC(=O)N[C@@H]1c1ccc(C)cc1C. The number of nitrogens with zero attached hydrogens (tertiary/aromatic N) is 1. The Bertz CT molecular complexity index is 1140. The highest BCUT2D eigenvalue weighted by molar-refractivity contribution is 7.99. The van der Waals surface area contributed by atoms with Crippen molar-refractivity contribution < 1.29 is 14.3 Å². The average molecular weight is 423 g/mol. The minimum atomic E-state index is -0.585. The number of aromatic nitrogens is 2. The Hall–Kier alpha value is -3.26. The number of urea groups is 1. The number of nitrogens with one attached hydrogen (secondary N) is 3. The molecule has 1 aliphatic heterocycles. The van der Waals surface area contributed by atoms with Crippen LogP contribution in [0.25, 0.3) is 11.0 Å². The third-order valence-corrected chi connectivity index (χ3v) is 5.92. The van der Waals surface area contributed by atoms with Gasteiger partial charge in [0, 0.05) is 11.4 Å². The standard InChI is InChI=1S/C22H22N4O3S/c1-12-8-9-14(13(2)10-12)19-18(20(27)29-3)17(23-21(28)26-19)11-30-22-24-15-6-4-5-7-16(15)25-22/h4-10,19H,11H2,1-3H3,(H,24,25)(H2,23,26,28)/t19-/m1/s1. The highest BCUT2D eigenvalue weighted by Crippen LogP contribution is 2.32. The molecule has 0 saturated carbocycles. The van der Waals surface area contributed by atoms with Gasteiger partial charge in [0.1, 0.15) is 0 Å². The molecule has 0 bridgehead atoms. The Balaban J connectivity index is 1.70. The van der Waals surface area contributed by atoms with Crippen LogP contribution >= 0.6 is 11.8 Å². The second-order valence-electron chi connectivity index (χ2n) is 7.12.